The van der Waals surface area contributed by atoms with Crippen LogP contribution < -0.4 is 19.7 Å². The van der Waals surface area contributed by atoms with Crippen LogP contribution in [-0.2, 0) is 21.3 Å². The molecule has 32 heavy (non-hydrogen) atoms. The molecular weight excluding hydrogens is 434 g/mol. The third-order valence-electron chi connectivity index (χ3n) is 4.59. The molecule has 1 saturated heterocycles. The van der Waals surface area contributed by atoms with Gasteiger partial charge in [0.15, 0.2) is 0 Å². The van der Waals surface area contributed by atoms with Gasteiger partial charge in [0, 0.05) is 23.3 Å². The lowest BCUT2D eigenvalue weighted by atomic mass is 10.1. The molecule has 0 unspecified atom stereocenters. The summed E-state index contributed by atoms with van der Waals surface area (Å²) in [7, 11) is -2.54. The molecule has 1 heterocycles. The van der Waals surface area contributed by atoms with Gasteiger partial charge in [-0.2, -0.15) is 0 Å². The van der Waals surface area contributed by atoms with E-state index in [4.69, 9.17) is 9.47 Å². The Morgan fingerprint density at radius 1 is 1.19 bits per heavy atom. The minimum Gasteiger partial charge on any atom is -0.495 e. The van der Waals surface area contributed by atoms with Crippen LogP contribution in [0, 0.1) is 0 Å². The van der Waals surface area contributed by atoms with Gasteiger partial charge in [-0.15, -0.1) is 0 Å². The predicted octanol–water partition coefficient (Wildman–Crippen LogP) is 2.66. The highest BCUT2D eigenvalue weighted by Crippen LogP contribution is 2.26. The number of hydrogen-bond donors (Lipinski definition) is 2. The summed E-state index contributed by atoms with van der Waals surface area (Å²) >= 11 is 0. The largest absolute Gasteiger partial charge is 0.495 e. The molecular formula is C22H27N3O6S. The summed E-state index contributed by atoms with van der Waals surface area (Å²) in [5, 5.41) is 2.78. The van der Waals surface area contributed by atoms with Crippen molar-refractivity contribution in [2.75, 3.05) is 25.2 Å². The maximum atomic E-state index is 12.8. The smallest absolute Gasteiger partial charge is 0.414 e. The van der Waals surface area contributed by atoms with Crippen molar-refractivity contribution in [1.82, 2.24) is 10.0 Å². The highest BCUT2D eigenvalue weighted by Gasteiger charge is 2.27. The number of ether oxygens (including phenoxy) is 2. The molecule has 0 aromatic heterocycles. The number of anilines is 1. The maximum Gasteiger partial charge on any atom is 0.414 e. The minimum atomic E-state index is -3.91. The van der Waals surface area contributed by atoms with E-state index in [9.17, 15) is 18.0 Å². The highest BCUT2D eigenvalue weighted by molar-refractivity contribution is 7.89. The van der Waals surface area contributed by atoms with E-state index in [1.807, 2.05) is 6.07 Å². The van der Waals surface area contributed by atoms with Gasteiger partial charge in [-0.25, -0.2) is 17.9 Å². The number of carbonyl (C=O) groups is 2. The summed E-state index contributed by atoms with van der Waals surface area (Å²) in [5.41, 5.74) is 0.950. The normalized spacial score (nSPS) is 14.2. The van der Waals surface area contributed by atoms with Crippen LogP contribution in [0.15, 0.2) is 47.4 Å². The zero-order valence-corrected chi connectivity index (χ0v) is 19.3. The van der Waals surface area contributed by atoms with Crippen LogP contribution in [0.1, 0.15) is 36.7 Å². The van der Waals surface area contributed by atoms with Crippen molar-refractivity contribution in [3.63, 3.8) is 0 Å². The van der Waals surface area contributed by atoms with Gasteiger partial charge < -0.3 is 14.8 Å². The van der Waals surface area contributed by atoms with Crippen LogP contribution in [-0.4, -0.2) is 46.2 Å². The summed E-state index contributed by atoms with van der Waals surface area (Å²) < 4.78 is 38.3. The quantitative estimate of drug-likeness (QED) is 0.655. The Hall–Kier alpha value is -3.11. The lowest BCUT2D eigenvalue weighted by Gasteiger charge is -2.21. The van der Waals surface area contributed by atoms with E-state index in [0.29, 0.717) is 18.8 Å². The molecule has 0 radical (unpaired) electrons. The molecule has 2 aromatic carbocycles. The van der Waals surface area contributed by atoms with E-state index in [0.717, 1.165) is 5.56 Å². The Morgan fingerprint density at radius 3 is 2.56 bits per heavy atom. The Labute approximate surface area is 187 Å². The number of carbonyl (C=O) groups excluding carboxylic acids is 2. The SMILES string of the molecule is COc1ccc(C(=O)NCc2cccc(N3CCOC3=O)c2)cc1S(=O)(=O)NC(C)(C)C. The van der Waals surface area contributed by atoms with Crippen molar-refractivity contribution < 1.29 is 27.5 Å². The van der Waals surface area contributed by atoms with Crippen molar-refractivity contribution in [3.05, 3.63) is 53.6 Å². The Morgan fingerprint density at radius 2 is 1.94 bits per heavy atom. The van der Waals surface area contributed by atoms with Gasteiger partial charge in [0.1, 0.15) is 17.3 Å². The van der Waals surface area contributed by atoms with Crippen molar-refractivity contribution >= 4 is 27.7 Å². The lowest BCUT2D eigenvalue weighted by molar-refractivity contribution is 0.0950. The number of nitrogens with zero attached hydrogens (tertiary/aromatic N) is 1. The Kier molecular flexibility index (Phi) is 6.75. The molecule has 3 rings (SSSR count). The van der Waals surface area contributed by atoms with Gasteiger partial charge in [-0.3, -0.25) is 9.69 Å². The molecule has 1 aliphatic rings. The molecule has 172 valence electrons. The summed E-state index contributed by atoms with van der Waals surface area (Å²) in [6.45, 7) is 6.19. The molecule has 1 fully saturated rings. The first-order valence-electron chi connectivity index (χ1n) is 10.0. The average molecular weight is 462 g/mol. The first-order chi connectivity index (χ1) is 15.0. The van der Waals surface area contributed by atoms with Gasteiger partial charge in [-0.1, -0.05) is 12.1 Å². The second-order valence-electron chi connectivity index (χ2n) is 8.34. The number of amides is 2. The summed E-state index contributed by atoms with van der Waals surface area (Å²) in [4.78, 5) is 25.9. The number of sulfonamides is 1. The third-order valence-corrected chi connectivity index (χ3v) is 6.37. The van der Waals surface area contributed by atoms with Crippen molar-refractivity contribution in [2.24, 2.45) is 0 Å². The monoisotopic (exact) mass is 461 g/mol. The van der Waals surface area contributed by atoms with Gasteiger partial charge >= 0.3 is 6.09 Å². The van der Waals surface area contributed by atoms with Gasteiger partial charge in [-0.05, 0) is 56.7 Å². The van der Waals surface area contributed by atoms with E-state index >= 15 is 0 Å². The van der Waals surface area contributed by atoms with Crippen LogP contribution in [0.2, 0.25) is 0 Å². The fourth-order valence-corrected chi connectivity index (χ4v) is 4.85. The summed E-state index contributed by atoms with van der Waals surface area (Å²) in [6, 6.07) is 11.4. The van der Waals surface area contributed by atoms with Crippen molar-refractivity contribution in [1.29, 1.82) is 0 Å². The molecule has 2 amide bonds. The number of rotatable bonds is 7. The Bertz CT molecular complexity index is 1120. The van der Waals surface area contributed by atoms with Crippen LogP contribution in [0.5, 0.6) is 5.75 Å². The van der Waals surface area contributed by atoms with Crippen LogP contribution >= 0.6 is 0 Å². The van der Waals surface area contributed by atoms with E-state index in [1.54, 1.807) is 39.0 Å². The van der Waals surface area contributed by atoms with Crippen molar-refractivity contribution in [3.8, 4) is 5.75 Å². The fourth-order valence-electron chi connectivity index (χ4n) is 3.23. The van der Waals surface area contributed by atoms with Crippen LogP contribution in [0.25, 0.3) is 0 Å². The predicted molar refractivity (Wildman–Crippen MR) is 119 cm³/mol. The number of cyclic esters (lactones) is 1. The third kappa shape index (κ3) is 5.57. The molecule has 2 aromatic rings. The van der Waals surface area contributed by atoms with Gasteiger partial charge in [0.05, 0.1) is 13.7 Å². The summed E-state index contributed by atoms with van der Waals surface area (Å²) in [6.07, 6.45) is -0.401. The van der Waals surface area contributed by atoms with Gasteiger partial charge in [0.25, 0.3) is 5.91 Å². The molecule has 0 aliphatic carbocycles. The fraction of sp³-hybridized carbons (Fsp3) is 0.364. The highest BCUT2D eigenvalue weighted by atomic mass is 32.2. The maximum absolute atomic E-state index is 12.8. The Balaban J connectivity index is 1.77. The van der Waals surface area contributed by atoms with E-state index in [2.05, 4.69) is 10.0 Å². The molecule has 9 nitrogen and oxygen atoms in total. The summed E-state index contributed by atoms with van der Waals surface area (Å²) in [5.74, 6) is -0.297. The molecule has 2 N–H and O–H groups in total. The van der Waals surface area contributed by atoms with Crippen LogP contribution in [0.4, 0.5) is 10.5 Å². The average Bonchev–Trinajstić information content (AvgIpc) is 3.16. The number of hydrogen-bond acceptors (Lipinski definition) is 6. The molecule has 0 saturated carbocycles. The molecule has 0 atom stereocenters. The molecule has 10 heteroatoms. The van der Waals surface area contributed by atoms with Crippen LogP contribution in [0.3, 0.4) is 0 Å². The second kappa shape index (κ2) is 9.17. The molecule has 0 bridgehead atoms. The van der Waals surface area contributed by atoms with E-state index in [-0.39, 0.29) is 22.8 Å². The number of nitrogens with one attached hydrogen (secondary N) is 2. The second-order valence-corrected chi connectivity index (χ2v) is 9.99. The number of benzene rings is 2. The van der Waals surface area contributed by atoms with E-state index < -0.39 is 27.6 Å². The topological polar surface area (TPSA) is 114 Å². The van der Waals surface area contributed by atoms with Crippen molar-refractivity contribution in [2.45, 2.75) is 37.8 Å². The van der Waals surface area contributed by atoms with Gasteiger partial charge in [0.2, 0.25) is 10.0 Å². The number of methoxy groups -OCH3 is 1. The standard InChI is InChI=1S/C22H27N3O6S/c1-22(2,3)24-32(28,29)19-13-16(8-9-18(19)30-4)20(26)23-14-15-6-5-7-17(12-15)25-10-11-31-21(25)27/h5-9,12-13,24H,10-11,14H2,1-4H3,(H,23,26). The zero-order valence-electron chi connectivity index (χ0n) is 18.5. The molecule has 0 spiro atoms. The lowest BCUT2D eigenvalue weighted by Crippen LogP contribution is -2.40. The first-order valence-corrected chi connectivity index (χ1v) is 11.5. The molecule has 1 aliphatic heterocycles. The zero-order chi connectivity index (χ0) is 23.5. The first kappa shape index (κ1) is 23.6. The van der Waals surface area contributed by atoms with E-state index in [1.165, 1.54) is 30.2 Å². The minimum absolute atomic E-state index is 0.114.